The van der Waals surface area contributed by atoms with Crippen molar-refractivity contribution >= 4 is 33.4 Å². The molecule has 3 aromatic carbocycles. The van der Waals surface area contributed by atoms with Crippen molar-refractivity contribution in [3.05, 3.63) is 90.2 Å². The van der Waals surface area contributed by atoms with Gasteiger partial charge in [0.15, 0.2) is 0 Å². The Hall–Kier alpha value is -3.04. The summed E-state index contributed by atoms with van der Waals surface area (Å²) in [6.45, 7) is 2.43. The van der Waals surface area contributed by atoms with E-state index in [4.69, 9.17) is 4.74 Å². The maximum Gasteiger partial charge on any atom is 0.264 e. The minimum atomic E-state index is -3.97. The molecule has 1 N–H and O–H groups in total. The van der Waals surface area contributed by atoms with Gasteiger partial charge in [-0.3, -0.25) is 9.10 Å². The molecule has 9 heteroatoms. The molecule has 0 unspecified atom stereocenters. The van der Waals surface area contributed by atoms with E-state index in [1.807, 2.05) is 6.92 Å². The Bertz CT molecular complexity index is 1170. The van der Waals surface area contributed by atoms with Crippen molar-refractivity contribution in [2.45, 2.75) is 24.0 Å². The third kappa shape index (κ3) is 8.00. The zero-order valence-corrected chi connectivity index (χ0v) is 21.2. The van der Waals surface area contributed by atoms with Gasteiger partial charge < -0.3 is 10.1 Å². The smallest absolute Gasteiger partial charge is 0.264 e. The van der Waals surface area contributed by atoms with Crippen molar-refractivity contribution in [2.75, 3.05) is 29.8 Å². The first-order valence-electron chi connectivity index (χ1n) is 11.3. The number of sulfonamides is 1. The van der Waals surface area contributed by atoms with Crippen molar-refractivity contribution < 1.29 is 22.3 Å². The van der Waals surface area contributed by atoms with E-state index in [1.165, 1.54) is 24.3 Å². The fourth-order valence-electron chi connectivity index (χ4n) is 3.27. The lowest BCUT2D eigenvalue weighted by atomic mass is 10.2. The SMILES string of the molecule is CCOc1ccc(S(=O)(=O)N(CC(=O)NCCCSCc2ccc(F)cc2)c2ccccc2)cc1. The minimum Gasteiger partial charge on any atom is -0.494 e. The molecule has 1 amide bonds. The molecule has 186 valence electrons. The Labute approximate surface area is 210 Å². The van der Waals surface area contributed by atoms with E-state index in [1.54, 1.807) is 66.4 Å². The molecule has 6 nitrogen and oxygen atoms in total. The third-order valence-corrected chi connectivity index (χ3v) is 7.93. The molecule has 0 spiro atoms. The number of benzene rings is 3. The maximum absolute atomic E-state index is 13.4. The zero-order chi connectivity index (χ0) is 25.1. The highest BCUT2D eigenvalue weighted by atomic mass is 32.2. The van der Waals surface area contributed by atoms with Crippen LogP contribution in [0, 0.1) is 5.82 Å². The highest BCUT2D eigenvalue weighted by Crippen LogP contribution is 2.25. The Balaban J connectivity index is 1.56. The zero-order valence-electron chi connectivity index (χ0n) is 19.5. The highest BCUT2D eigenvalue weighted by Gasteiger charge is 2.27. The molecule has 35 heavy (non-hydrogen) atoms. The molecule has 0 aromatic heterocycles. The van der Waals surface area contributed by atoms with Crippen LogP contribution < -0.4 is 14.4 Å². The number of rotatable bonds is 13. The van der Waals surface area contributed by atoms with E-state index >= 15 is 0 Å². The molecule has 0 aliphatic carbocycles. The quantitative estimate of drug-likeness (QED) is 0.329. The van der Waals surface area contributed by atoms with E-state index in [-0.39, 0.29) is 23.2 Å². The second-order valence-electron chi connectivity index (χ2n) is 7.63. The van der Waals surface area contributed by atoms with Gasteiger partial charge in [0.2, 0.25) is 5.91 Å². The summed E-state index contributed by atoms with van der Waals surface area (Å²) in [4.78, 5) is 12.7. The molecule has 0 fully saturated rings. The normalized spacial score (nSPS) is 11.1. The van der Waals surface area contributed by atoms with Gasteiger partial charge in [-0.1, -0.05) is 30.3 Å². The number of nitrogens with zero attached hydrogens (tertiary/aromatic N) is 1. The van der Waals surface area contributed by atoms with Crippen LogP contribution >= 0.6 is 11.8 Å². The molecule has 0 aliphatic rings. The van der Waals surface area contributed by atoms with Crippen LogP contribution in [0.15, 0.2) is 83.8 Å². The Kier molecular flexibility index (Phi) is 9.98. The van der Waals surface area contributed by atoms with Gasteiger partial charge in [-0.25, -0.2) is 12.8 Å². The fraction of sp³-hybridized carbons (Fsp3) is 0.269. The molecule has 0 atom stereocenters. The maximum atomic E-state index is 13.4. The number of ether oxygens (including phenoxy) is 1. The van der Waals surface area contributed by atoms with Crippen molar-refractivity contribution in [2.24, 2.45) is 0 Å². The summed E-state index contributed by atoms with van der Waals surface area (Å²) in [6.07, 6.45) is 0.731. The van der Waals surface area contributed by atoms with Gasteiger partial charge in [-0.05, 0) is 73.2 Å². The summed E-state index contributed by atoms with van der Waals surface area (Å²) in [5.41, 5.74) is 1.45. The van der Waals surface area contributed by atoms with E-state index in [2.05, 4.69) is 5.32 Å². The van der Waals surface area contributed by atoms with Gasteiger partial charge in [0.25, 0.3) is 10.0 Å². The molecular weight excluding hydrogens is 487 g/mol. The van der Waals surface area contributed by atoms with Crippen LogP contribution in [0.2, 0.25) is 0 Å². The first-order chi connectivity index (χ1) is 16.9. The Morgan fingerprint density at radius 3 is 2.34 bits per heavy atom. The molecule has 0 bridgehead atoms. The summed E-state index contributed by atoms with van der Waals surface area (Å²) < 4.78 is 46.3. The standard InChI is InChI=1S/C26H29FN2O4S2/c1-2-33-24-13-15-25(16-14-24)35(31,32)29(23-7-4-3-5-8-23)19-26(30)28-17-6-18-34-20-21-9-11-22(27)12-10-21/h3-5,7-16H,2,6,17-20H2,1H3,(H,28,30). The lowest BCUT2D eigenvalue weighted by Gasteiger charge is -2.24. The lowest BCUT2D eigenvalue weighted by molar-refractivity contribution is -0.119. The van der Waals surface area contributed by atoms with Gasteiger partial charge in [0.1, 0.15) is 18.1 Å². The largest absolute Gasteiger partial charge is 0.494 e. The molecule has 0 saturated carbocycles. The fourth-order valence-corrected chi connectivity index (χ4v) is 5.61. The van der Waals surface area contributed by atoms with Crippen LogP contribution in [0.4, 0.5) is 10.1 Å². The van der Waals surface area contributed by atoms with E-state index in [0.717, 1.165) is 27.8 Å². The van der Waals surface area contributed by atoms with Gasteiger partial charge in [0.05, 0.1) is 17.2 Å². The Morgan fingerprint density at radius 1 is 1.00 bits per heavy atom. The second kappa shape index (κ2) is 13.2. The molecule has 3 rings (SSSR count). The summed E-state index contributed by atoms with van der Waals surface area (Å²) >= 11 is 1.69. The number of hydrogen-bond acceptors (Lipinski definition) is 5. The first-order valence-corrected chi connectivity index (χ1v) is 13.9. The number of carbonyl (C=O) groups is 1. The number of halogens is 1. The van der Waals surface area contributed by atoms with Crippen LogP contribution in [-0.2, 0) is 20.6 Å². The number of hydrogen-bond donors (Lipinski definition) is 1. The predicted octanol–water partition coefficient (Wildman–Crippen LogP) is 4.86. The van der Waals surface area contributed by atoms with Gasteiger partial charge in [-0.15, -0.1) is 0 Å². The molecule has 0 heterocycles. The van der Waals surface area contributed by atoms with Crippen molar-refractivity contribution in [3.8, 4) is 5.75 Å². The lowest BCUT2D eigenvalue weighted by Crippen LogP contribution is -2.41. The molecular formula is C26H29FN2O4S2. The van der Waals surface area contributed by atoms with Crippen LogP contribution in [0.3, 0.4) is 0 Å². The number of thioether (sulfide) groups is 1. The highest BCUT2D eigenvalue weighted by molar-refractivity contribution is 7.98. The van der Waals surface area contributed by atoms with E-state index < -0.39 is 10.0 Å². The number of nitrogens with one attached hydrogen (secondary N) is 1. The van der Waals surface area contributed by atoms with Crippen molar-refractivity contribution in [1.82, 2.24) is 5.32 Å². The van der Waals surface area contributed by atoms with Crippen molar-refractivity contribution in [3.63, 3.8) is 0 Å². The Morgan fingerprint density at radius 2 is 1.69 bits per heavy atom. The van der Waals surface area contributed by atoms with E-state index in [9.17, 15) is 17.6 Å². The average molecular weight is 517 g/mol. The number of carbonyl (C=O) groups excluding carboxylic acids is 1. The third-order valence-electron chi connectivity index (χ3n) is 5.02. The summed E-state index contributed by atoms with van der Waals surface area (Å²) in [6, 6.07) is 21.1. The number of anilines is 1. The van der Waals surface area contributed by atoms with Crippen LogP contribution in [0.5, 0.6) is 5.75 Å². The van der Waals surface area contributed by atoms with Gasteiger partial charge in [0, 0.05) is 12.3 Å². The predicted molar refractivity (Wildman–Crippen MR) is 139 cm³/mol. The van der Waals surface area contributed by atoms with E-state index in [0.29, 0.717) is 24.6 Å². The van der Waals surface area contributed by atoms with Crippen molar-refractivity contribution in [1.29, 1.82) is 0 Å². The minimum absolute atomic E-state index is 0.0785. The number of amides is 1. The summed E-state index contributed by atoms with van der Waals surface area (Å²) in [5, 5.41) is 2.81. The number of para-hydroxylation sites is 1. The summed E-state index contributed by atoms with van der Waals surface area (Å²) in [5.74, 6) is 1.51. The van der Waals surface area contributed by atoms with Crippen LogP contribution in [0.1, 0.15) is 18.9 Å². The monoisotopic (exact) mass is 516 g/mol. The average Bonchev–Trinajstić information content (AvgIpc) is 2.87. The van der Waals surface area contributed by atoms with Crippen LogP contribution in [-0.4, -0.2) is 39.8 Å². The second-order valence-corrected chi connectivity index (χ2v) is 10.6. The summed E-state index contributed by atoms with van der Waals surface area (Å²) in [7, 11) is -3.97. The topological polar surface area (TPSA) is 75.7 Å². The van der Waals surface area contributed by atoms with Gasteiger partial charge in [-0.2, -0.15) is 11.8 Å². The molecule has 0 radical (unpaired) electrons. The molecule has 0 saturated heterocycles. The van der Waals surface area contributed by atoms with Gasteiger partial charge >= 0.3 is 0 Å². The molecule has 0 aliphatic heterocycles. The first kappa shape index (κ1) is 26.6. The van der Waals surface area contributed by atoms with Crippen LogP contribution in [0.25, 0.3) is 0 Å². The molecule has 3 aromatic rings.